The molecule has 3 N–H and O–H groups in total. The molecule has 0 spiro atoms. The lowest BCUT2D eigenvalue weighted by Gasteiger charge is -2.30. The van der Waals surface area contributed by atoms with Crippen LogP contribution in [-0.4, -0.2) is 27.5 Å². The Hall–Kier alpha value is -4.15. The fourth-order valence-corrected chi connectivity index (χ4v) is 3.72. The number of fused-ring (bicyclic) bond motifs is 1. The predicted molar refractivity (Wildman–Crippen MR) is 112 cm³/mol. The molecular formula is C22H17F3N4O4. The second-order valence-electron chi connectivity index (χ2n) is 7.61. The Morgan fingerprint density at radius 3 is 2.27 bits per heavy atom. The van der Waals surface area contributed by atoms with E-state index in [9.17, 15) is 32.3 Å². The average molecular weight is 458 g/mol. The SMILES string of the molecule is Cc1ccc(-n2c3c(c(=O)[nH]c2=O)[C@@](NC(=O)c2ccccc2)(C(F)(F)F)C(=O)N3)cc1C. The first-order valence-electron chi connectivity index (χ1n) is 9.70. The van der Waals surface area contributed by atoms with Gasteiger partial charge in [0.2, 0.25) is 0 Å². The zero-order chi connectivity index (χ0) is 24.1. The van der Waals surface area contributed by atoms with Gasteiger partial charge in [0.05, 0.1) is 5.69 Å². The van der Waals surface area contributed by atoms with Crippen molar-refractivity contribution in [2.24, 2.45) is 0 Å². The Morgan fingerprint density at radius 2 is 1.67 bits per heavy atom. The van der Waals surface area contributed by atoms with Crippen molar-refractivity contribution in [3.8, 4) is 5.69 Å². The van der Waals surface area contributed by atoms with Crippen molar-refractivity contribution in [3.63, 3.8) is 0 Å². The van der Waals surface area contributed by atoms with Crippen LogP contribution in [0.15, 0.2) is 58.1 Å². The number of hydrogen-bond donors (Lipinski definition) is 3. The smallest absolute Gasteiger partial charge is 0.326 e. The molecular weight excluding hydrogens is 441 g/mol. The maximum Gasteiger partial charge on any atom is 0.425 e. The third-order valence-corrected chi connectivity index (χ3v) is 5.57. The highest BCUT2D eigenvalue weighted by Gasteiger charge is 2.68. The molecule has 3 aromatic rings. The molecule has 0 aliphatic carbocycles. The first-order chi connectivity index (χ1) is 15.5. The van der Waals surface area contributed by atoms with Crippen LogP contribution in [0.4, 0.5) is 19.0 Å². The van der Waals surface area contributed by atoms with Gasteiger partial charge in [-0.2, -0.15) is 13.2 Å². The van der Waals surface area contributed by atoms with Gasteiger partial charge in [-0.3, -0.25) is 19.4 Å². The molecule has 11 heteroatoms. The van der Waals surface area contributed by atoms with Gasteiger partial charge in [-0.1, -0.05) is 24.3 Å². The normalized spacial score (nSPS) is 17.4. The summed E-state index contributed by atoms with van der Waals surface area (Å²) in [5.74, 6) is -3.59. The Balaban J connectivity index is 1.99. The highest BCUT2D eigenvalue weighted by molar-refractivity contribution is 6.09. The van der Waals surface area contributed by atoms with Crippen molar-refractivity contribution in [3.05, 3.63) is 91.6 Å². The first kappa shape index (κ1) is 22.1. The first-order valence-corrected chi connectivity index (χ1v) is 9.70. The van der Waals surface area contributed by atoms with E-state index in [0.29, 0.717) is 0 Å². The summed E-state index contributed by atoms with van der Waals surface area (Å²) in [5.41, 5.74) is -5.77. The molecule has 8 nitrogen and oxygen atoms in total. The minimum absolute atomic E-state index is 0.128. The van der Waals surface area contributed by atoms with Gasteiger partial charge in [0.15, 0.2) is 0 Å². The molecule has 2 heterocycles. The summed E-state index contributed by atoms with van der Waals surface area (Å²) in [7, 11) is 0. The van der Waals surface area contributed by atoms with E-state index in [1.165, 1.54) is 36.4 Å². The average Bonchev–Trinajstić information content (AvgIpc) is 3.04. The Kier molecular flexibility index (Phi) is 4.99. The molecule has 0 radical (unpaired) electrons. The number of aromatic nitrogens is 2. The van der Waals surface area contributed by atoms with E-state index in [-0.39, 0.29) is 11.3 Å². The van der Waals surface area contributed by atoms with Gasteiger partial charge >= 0.3 is 11.9 Å². The molecule has 0 bridgehead atoms. The molecule has 33 heavy (non-hydrogen) atoms. The summed E-state index contributed by atoms with van der Waals surface area (Å²) in [6.07, 6.45) is -5.41. The molecule has 1 aromatic heterocycles. The Labute approximate surface area is 184 Å². The second kappa shape index (κ2) is 7.47. The van der Waals surface area contributed by atoms with Crippen LogP contribution in [0, 0.1) is 13.8 Å². The predicted octanol–water partition coefficient (Wildman–Crippen LogP) is 2.28. The molecule has 1 aliphatic heterocycles. The standard InChI is InChI=1S/C22H17F3N4O4/c1-11-8-9-14(10-12(11)2)29-16-15(18(31)27-20(29)33)21(19(32)26-16,22(23,24)25)28-17(30)13-6-4-3-5-7-13/h3-10H,1-2H3,(H,26,32)(H,28,30)(H,27,31,33)/t21-/m0/s1. The van der Waals surface area contributed by atoms with Crippen LogP contribution in [0.25, 0.3) is 5.69 Å². The second-order valence-corrected chi connectivity index (χ2v) is 7.61. The number of benzene rings is 2. The number of halogens is 3. The van der Waals surface area contributed by atoms with Crippen LogP contribution < -0.4 is 21.9 Å². The summed E-state index contributed by atoms with van der Waals surface area (Å²) < 4.78 is 44.1. The van der Waals surface area contributed by atoms with Gasteiger partial charge < -0.3 is 10.6 Å². The van der Waals surface area contributed by atoms with E-state index in [0.717, 1.165) is 15.7 Å². The van der Waals surface area contributed by atoms with Crippen LogP contribution in [0.1, 0.15) is 27.0 Å². The summed E-state index contributed by atoms with van der Waals surface area (Å²) >= 11 is 0. The summed E-state index contributed by atoms with van der Waals surface area (Å²) in [6, 6.07) is 11.6. The zero-order valence-electron chi connectivity index (χ0n) is 17.3. The summed E-state index contributed by atoms with van der Waals surface area (Å²) in [6.45, 7) is 3.53. The van der Waals surface area contributed by atoms with E-state index in [1.807, 2.05) is 10.3 Å². The third kappa shape index (κ3) is 3.32. The van der Waals surface area contributed by atoms with Gasteiger partial charge in [0.1, 0.15) is 11.4 Å². The summed E-state index contributed by atoms with van der Waals surface area (Å²) in [5, 5.41) is 3.71. The number of carbonyl (C=O) groups excluding carboxylic acids is 2. The number of carbonyl (C=O) groups is 2. The molecule has 1 atom stereocenters. The van der Waals surface area contributed by atoms with Gasteiger partial charge in [-0.25, -0.2) is 9.36 Å². The van der Waals surface area contributed by atoms with E-state index in [4.69, 9.17) is 0 Å². The molecule has 0 fully saturated rings. The molecule has 2 amide bonds. The lowest BCUT2D eigenvalue weighted by atomic mass is 9.91. The van der Waals surface area contributed by atoms with E-state index >= 15 is 0 Å². The van der Waals surface area contributed by atoms with Gasteiger partial charge in [-0.15, -0.1) is 0 Å². The lowest BCUT2D eigenvalue weighted by Crippen LogP contribution is -2.62. The Bertz CT molecular complexity index is 1410. The topological polar surface area (TPSA) is 113 Å². The fourth-order valence-electron chi connectivity index (χ4n) is 3.72. The number of anilines is 1. The number of nitrogens with zero attached hydrogens (tertiary/aromatic N) is 1. The molecule has 2 aromatic carbocycles. The molecule has 0 saturated heterocycles. The fraction of sp³-hybridized carbons (Fsp3) is 0.182. The van der Waals surface area contributed by atoms with Gasteiger partial charge in [0, 0.05) is 5.56 Å². The molecule has 1 aliphatic rings. The number of alkyl halides is 3. The van der Waals surface area contributed by atoms with E-state index in [1.54, 1.807) is 31.3 Å². The van der Waals surface area contributed by atoms with Crippen LogP contribution in [0.3, 0.4) is 0 Å². The van der Waals surface area contributed by atoms with Crippen LogP contribution in [-0.2, 0) is 10.3 Å². The number of nitrogens with one attached hydrogen (secondary N) is 3. The monoisotopic (exact) mass is 458 g/mol. The highest BCUT2D eigenvalue weighted by atomic mass is 19.4. The van der Waals surface area contributed by atoms with Crippen LogP contribution in [0.2, 0.25) is 0 Å². The maximum atomic E-state index is 14.4. The van der Waals surface area contributed by atoms with E-state index in [2.05, 4.69) is 0 Å². The van der Waals surface area contributed by atoms with E-state index < -0.39 is 46.2 Å². The molecule has 0 saturated carbocycles. The van der Waals surface area contributed by atoms with Crippen molar-refractivity contribution in [2.45, 2.75) is 25.6 Å². The van der Waals surface area contributed by atoms with Crippen LogP contribution in [0.5, 0.6) is 0 Å². The van der Waals surface area contributed by atoms with Crippen molar-refractivity contribution >= 4 is 17.6 Å². The van der Waals surface area contributed by atoms with Crippen molar-refractivity contribution in [1.29, 1.82) is 0 Å². The lowest BCUT2D eigenvalue weighted by molar-refractivity contribution is -0.196. The number of amides is 2. The number of aromatic amines is 1. The van der Waals surface area contributed by atoms with Crippen LogP contribution >= 0.6 is 0 Å². The van der Waals surface area contributed by atoms with Crippen molar-refractivity contribution in [1.82, 2.24) is 14.9 Å². The number of rotatable bonds is 3. The van der Waals surface area contributed by atoms with Crippen molar-refractivity contribution < 1.29 is 22.8 Å². The quantitative estimate of drug-likeness (QED) is 0.559. The number of H-pyrrole nitrogens is 1. The van der Waals surface area contributed by atoms with Gasteiger partial charge in [-0.05, 0) is 49.2 Å². The zero-order valence-corrected chi connectivity index (χ0v) is 17.3. The Morgan fingerprint density at radius 1 is 1.00 bits per heavy atom. The molecule has 170 valence electrons. The third-order valence-electron chi connectivity index (χ3n) is 5.57. The molecule has 4 rings (SSSR count). The van der Waals surface area contributed by atoms with Gasteiger partial charge in [0.25, 0.3) is 22.9 Å². The largest absolute Gasteiger partial charge is 0.425 e. The molecule has 0 unspecified atom stereocenters. The minimum atomic E-state index is -5.41. The minimum Gasteiger partial charge on any atom is -0.326 e. The number of hydrogen-bond acceptors (Lipinski definition) is 4. The maximum absolute atomic E-state index is 14.4. The van der Waals surface area contributed by atoms with Crippen molar-refractivity contribution in [2.75, 3.05) is 5.32 Å². The summed E-state index contributed by atoms with van der Waals surface area (Å²) in [4.78, 5) is 52.6. The number of aryl methyl sites for hydroxylation is 2. The highest BCUT2D eigenvalue weighted by Crippen LogP contribution is 2.45.